The van der Waals surface area contributed by atoms with Gasteiger partial charge in [0.2, 0.25) is 0 Å². The molecule has 14 rings (SSSR count). The first-order valence-corrected chi connectivity index (χ1v) is 23.7. The third-order valence-electron chi connectivity index (χ3n) is 15.3. The summed E-state index contributed by atoms with van der Waals surface area (Å²) in [5.41, 5.74) is 20.1. The molecule has 1 heterocycles. The van der Waals surface area contributed by atoms with Crippen molar-refractivity contribution in [3.05, 3.63) is 305 Å². The molecule has 0 N–H and O–H groups in total. The van der Waals surface area contributed by atoms with E-state index in [0.29, 0.717) is 0 Å². The van der Waals surface area contributed by atoms with Gasteiger partial charge in [0.1, 0.15) is 0 Å². The van der Waals surface area contributed by atoms with Crippen molar-refractivity contribution in [1.82, 2.24) is 4.98 Å². The predicted octanol–water partition coefficient (Wildman–Crippen LogP) is 16.6. The van der Waals surface area contributed by atoms with Gasteiger partial charge in [-0.15, -0.1) is 0 Å². The molecule has 0 aliphatic heterocycles. The lowest BCUT2D eigenvalue weighted by molar-refractivity contribution is 0.769. The Kier molecular flexibility index (Phi) is 8.48. The lowest BCUT2D eigenvalue weighted by atomic mass is 9.67. The SMILES string of the molecule is c1ccc(C2(c3ccccc3)c3ccccc3-c3ccc(-c4c5ccccc5c(-c5ccc6c(c5)C(c5ccccc5)(c5ccccc5)c5ccccc5-6)c5c4cnc4ccccc45)cc32)cc1. The molecular formula is C67H43N. The van der Waals surface area contributed by atoms with Gasteiger partial charge in [0, 0.05) is 22.4 Å². The number of fused-ring (bicyclic) bond motifs is 10. The van der Waals surface area contributed by atoms with Crippen LogP contribution in [0.25, 0.3) is 77.0 Å². The molecule has 0 bridgehead atoms. The van der Waals surface area contributed by atoms with Crippen LogP contribution in [0.4, 0.5) is 0 Å². The summed E-state index contributed by atoms with van der Waals surface area (Å²) in [6.45, 7) is 0. The Labute approximate surface area is 396 Å². The summed E-state index contributed by atoms with van der Waals surface area (Å²) in [5, 5.41) is 5.91. The molecule has 0 amide bonds. The zero-order valence-corrected chi connectivity index (χ0v) is 37.3. The maximum atomic E-state index is 5.25. The first-order valence-electron chi connectivity index (χ1n) is 23.7. The topological polar surface area (TPSA) is 12.9 Å². The fraction of sp³-hybridized carbons (Fsp3) is 0.0299. The van der Waals surface area contributed by atoms with E-state index < -0.39 is 10.8 Å². The van der Waals surface area contributed by atoms with Crippen LogP contribution in [0, 0.1) is 0 Å². The van der Waals surface area contributed by atoms with Gasteiger partial charge in [-0.25, -0.2) is 0 Å². The Balaban J connectivity index is 1.08. The summed E-state index contributed by atoms with van der Waals surface area (Å²) in [6, 6.07) is 94.8. The van der Waals surface area contributed by atoms with Crippen molar-refractivity contribution in [3.8, 4) is 44.5 Å². The van der Waals surface area contributed by atoms with Crippen LogP contribution in [0.15, 0.2) is 261 Å². The molecule has 0 fully saturated rings. The Morgan fingerprint density at radius 3 is 1.12 bits per heavy atom. The van der Waals surface area contributed by atoms with E-state index in [1.165, 1.54) is 105 Å². The Hall–Kier alpha value is -8.65. The summed E-state index contributed by atoms with van der Waals surface area (Å²) in [7, 11) is 0. The van der Waals surface area contributed by atoms with Crippen LogP contribution in [0.2, 0.25) is 0 Å². The second-order valence-electron chi connectivity index (χ2n) is 18.4. The number of hydrogen-bond donors (Lipinski definition) is 0. The van der Waals surface area contributed by atoms with E-state index in [1.54, 1.807) is 0 Å². The van der Waals surface area contributed by atoms with Crippen molar-refractivity contribution < 1.29 is 0 Å². The van der Waals surface area contributed by atoms with Crippen LogP contribution in [0.1, 0.15) is 44.5 Å². The maximum absolute atomic E-state index is 5.25. The standard InChI is InChI=1S/C67H43N/c1-5-21-46(22-6-1)66(47-23-7-2-8-24-47)58-34-18-15-29-50(58)52-39-37-44(41-60(52)66)63-54-31-13-14-32-55(54)64(65-56-33-17-20-36-62(56)68-43-57(63)65)45-38-40-53-51-30-16-19-35-59(51)67(61(53)42-45,48-25-9-3-10-26-48)49-27-11-4-12-28-49/h1-43H. The van der Waals surface area contributed by atoms with Gasteiger partial charge in [0.25, 0.3) is 0 Å². The average molecular weight is 862 g/mol. The highest BCUT2D eigenvalue weighted by molar-refractivity contribution is 6.27. The van der Waals surface area contributed by atoms with Crippen LogP contribution in [-0.2, 0) is 10.8 Å². The molecular weight excluding hydrogens is 819 g/mol. The normalized spacial score (nSPS) is 13.8. The molecule has 316 valence electrons. The molecule has 1 nitrogen and oxygen atoms in total. The largest absolute Gasteiger partial charge is 0.256 e. The van der Waals surface area contributed by atoms with E-state index in [9.17, 15) is 0 Å². The van der Waals surface area contributed by atoms with Gasteiger partial charge >= 0.3 is 0 Å². The summed E-state index contributed by atoms with van der Waals surface area (Å²) in [4.78, 5) is 5.25. The lowest BCUT2D eigenvalue weighted by Gasteiger charge is -2.34. The van der Waals surface area contributed by atoms with Crippen molar-refractivity contribution in [1.29, 1.82) is 0 Å². The van der Waals surface area contributed by atoms with E-state index in [-0.39, 0.29) is 0 Å². The van der Waals surface area contributed by atoms with Gasteiger partial charge in [0.15, 0.2) is 0 Å². The number of benzene rings is 11. The average Bonchev–Trinajstić information content (AvgIpc) is 3.89. The molecule has 0 spiro atoms. The quantitative estimate of drug-likeness (QED) is 0.120. The van der Waals surface area contributed by atoms with E-state index in [4.69, 9.17) is 4.98 Å². The van der Waals surface area contributed by atoms with Gasteiger partial charge in [-0.1, -0.05) is 237 Å². The molecule has 2 aliphatic carbocycles. The minimum atomic E-state index is -0.522. The molecule has 0 saturated heterocycles. The highest BCUT2D eigenvalue weighted by Gasteiger charge is 2.47. The fourth-order valence-corrected chi connectivity index (χ4v) is 12.6. The van der Waals surface area contributed by atoms with Crippen LogP contribution < -0.4 is 0 Å². The maximum Gasteiger partial charge on any atom is 0.0713 e. The number of pyridine rings is 1. The van der Waals surface area contributed by atoms with Crippen molar-refractivity contribution in [3.63, 3.8) is 0 Å². The molecule has 1 aromatic heterocycles. The number of hydrogen-bond acceptors (Lipinski definition) is 1. The Bertz CT molecular complexity index is 3870. The Morgan fingerprint density at radius 2 is 0.632 bits per heavy atom. The zero-order valence-electron chi connectivity index (χ0n) is 37.3. The van der Waals surface area contributed by atoms with E-state index >= 15 is 0 Å². The summed E-state index contributed by atoms with van der Waals surface area (Å²) in [6.07, 6.45) is 2.15. The summed E-state index contributed by atoms with van der Waals surface area (Å²) >= 11 is 0. The number of aromatic nitrogens is 1. The highest BCUT2D eigenvalue weighted by Crippen LogP contribution is 2.59. The minimum Gasteiger partial charge on any atom is -0.256 e. The molecule has 1 heteroatoms. The van der Waals surface area contributed by atoms with E-state index in [2.05, 4.69) is 261 Å². The smallest absolute Gasteiger partial charge is 0.0713 e. The molecule has 2 aliphatic rings. The highest BCUT2D eigenvalue weighted by atomic mass is 14.7. The third kappa shape index (κ3) is 5.24. The second-order valence-corrected chi connectivity index (χ2v) is 18.4. The first kappa shape index (κ1) is 38.6. The van der Waals surface area contributed by atoms with Crippen molar-refractivity contribution in [2.24, 2.45) is 0 Å². The fourth-order valence-electron chi connectivity index (χ4n) is 12.6. The zero-order chi connectivity index (χ0) is 44.8. The molecule has 0 atom stereocenters. The molecule has 0 saturated carbocycles. The van der Waals surface area contributed by atoms with Crippen molar-refractivity contribution in [2.45, 2.75) is 10.8 Å². The van der Waals surface area contributed by atoms with Gasteiger partial charge in [-0.2, -0.15) is 0 Å². The third-order valence-corrected chi connectivity index (χ3v) is 15.3. The number of rotatable bonds is 6. The van der Waals surface area contributed by atoms with Gasteiger partial charge < -0.3 is 0 Å². The van der Waals surface area contributed by atoms with Crippen LogP contribution in [0.3, 0.4) is 0 Å². The number of para-hydroxylation sites is 1. The molecule has 0 radical (unpaired) electrons. The van der Waals surface area contributed by atoms with Gasteiger partial charge in [-0.3, -0.25) is 4.98 Å². The van der Waals surface area contributed by atoms with Gasteiger partial charge in [-0.05, 0) is 118 Å². The van der Waals surface area contributed by atoms with E-state index in [1.807, 2.05) is 0 Å². The summed E-state index contributed by atoms with van der Waals surface area (Å²) < 4.78 is 0. The van der Waals surface area contributed by atoms with Crippen molar-refractivity contribution in [2.75, 3.05) is 0 Å². The van der Waals surface area contributed by atoms with Crippen LogP contribution >= 0.6 is 0 Å². The minimum absolute atomic E-state index is 0.521. The first-order chi connectivity index (χ1) is 33.8. The summed E-state index contributed by atoms with van der Waals surface area (Å²) in [5.74, 6) is 0. The van der Waals surface area contributed by atoms with Crippen LogP contribution in [-0.4, -0.2) is 4.98 Å². The second kappa shape index (κ2) is 14.9. The van der Waals surface area contributed by atoms with Gasteiger partial charge in [0.05, 0.1) is 16.3 Å². The molecule has 0 unspecified atom stereocenters. The lowest BCUT2D eigenvalue weighted by Crippen LogP contribution is -2.28. The Morgan fingerprint density at radius 1 is 0.265 bits per heavy atom. The monoisotopic (exact) mass is 861 g/mol. The molecule has 68 heavy (non-hydrogen) atoms. The van der Waals surface area contributed by atoms with Crippen LogP contribution in [0.5, 0.6) is 0 Å². The predicted molar refractivity (Wildman–Crippen MR) is 282 cm³/mol. The number of nitrogens with zero attached hydrogens (tertiary/aromatic N) is 1. The molecule has 11 aromatic carbocycles. The van der Waals surface area contributed by atoms with E-state index in [0.717, 1.165) is 16.3 Å². The van der Waals surface area contributed by atoms with Crippen molar-refractivity contribution >= 4 is 32.4 Å². The molecule has 12 aromatic rings.